The second-order valence-electron chi connectivity index (χ2n) is 4.51. The Morgan fingerprint density at radius 3 is 2.86 bits per heavy atom. The summed E-state index contributed by atoms with van der Waals surface area (Å²) in [5.74, 6) is -0.300. The molecule has 0 aliphatic carbocycles. The molecular formula is C14H15N3O4. The number of nitro groups is 1. The summed E-state index contributed by atoms with van der Waals surface area (Å²) < 4.78 is 4.61. The quantitative estimate of drug-likeness (QED) is 0.476. The largest absolute Gasteiger partial charge is 0.469 e. The van der Waals surface area contributed by atoms with Crippen LogP contribution in [0.4, 0.5) is 11.4 Å². The van der Waals surface area contributed by atoms with Gasteiger partial charge in [-0.3, -0.25) is 14.9 Å². The van der Waals surface area contributed by atoms with Gasteiger partial charge < -0.3 is 9.64 Å². The number of methoxy groups -OCH3 is 1. The number of carbonyl (C=O) groups excluding carboxylic acids is 1. The van der Waals surface area contributed by atoms with E-state index >= 15 is 0 Å². The minimum Gasteiger partial charge on any atom is -0.469 e. The molecule has 0 fully saturated rings. The fourth-order valence-corrected chi connectivity index (χ4v) is 2.10. The number of nitrogens with zero attached hydrogens (tertiary/aromatic N) is 3. The average Bonchev–Trinajstić information content (AvgIpc) is 2.50. The number of benzene rings is 1. The zero-order chi connectivity index (χ0) is 15.4. The van der Waals surface area contributed by atoms with Crippen molar-refractivity contribution in [2.24, 2.45) is 0 Å². The summed E-state index contributed by atoms with van der Waals surface area (Å²) in [4.78, 5) is 27.7. The van der Waals surface area contributed by atoms with Gasteiger partial charge in [0.1, 0.15) is 5.52 Å². The van der Waals surface area contributed by atoms with Crippen LogP contribution in [0.15, 0.2) is 30.5 Å². The number of esters is 1. The molecule has 2 rings (SSSR count). The highest BCUT2D eigenvalue weighted by Crippen LogP contribution is 2.31. The third-order valence-electron chi connectivity index (χ3n) is 3.21. The van der Waals surface area contributed by atoms with E-state index in [0.29, 0.717) is 17.4 Å². The maximum Gasteiger partial charge on any atom is 0.307 e. The highest BCUT2D eigenvalue weighted by atomic mass is 16.6. The van der Waals surface area contributed by atoms with E-state index in [9.17, 15) is 14.9 Å². The third-order valence-corrected chi connectivity index (χ3v) is 3.21. The van der Waals surface area contributed by atoms with E-state index in [1.54, 1.807) is 18.2 Å². The highest BCUT2D eigenvalue weighted by Gasteiger charge is 2.17. The topological polar surface area (TPSA) is 85.6 Å². The van der Waals surface area contributed by atoms with Crippen LogP contribution in [0.1, 0.15) is 6.42 Å². The number of hydrogen-bond donors (Lipinski definition) is 0. The summed E-state index contributed by atoms with van der Waals surface area (Å²) in [7, 11) is 3.16. The Labute approximate surface area is 121 Å². The molecule has 0 bridgehead atoms. The second-order valence-corrected chi connectivity index (χ2v) is 4.51. The minimum atomic E-state index is -0.451. The van der Waals surface area contributed by atoms with E-state index in [1.807, 2.05) is 11.9 Å². The van der Waals surface area contributed by atoms with E-state index < -0.39 is 4.92 Å². The normalized spacial score (nSPS) is 10.4. The van der Waals surface area contributed by atoms with Crippen molar-refractivity contribution in [2.45, 2.75) is 6.42 Å². The van der Waals surface area contributed by atoms with E-state index in [0.717, 1.165) is 5.69 Å². The molecule has 21 heavy (non-hydrogen) atoms. The molecule has 1 aromatic carbocycles. The lowest BCUT2D eigenvalue weighted by atomic mass is 10.1. The van der Waals surface area contributed by atoms with Gasteiger partial charge in [0.05, 0.1) is 18.5 Å². The molecule has 0 radical (unpaired) electrons. The number of non-ortho nitro benzene ring substituents is 1. The van der Waals surface area contributed by atoms with Crippen LogP contribution >= 0.6 is 0 Å². The number of ether oxygens (including phenoxy) is 1. The Hall–Kier alpha value is -2.70. The fourth-order valence-electron chi connectivity index (χ4n) is 2.10. The van der Waals surface area contributed by atoms with Crippen molar-refractivity contribution in [1.29, 1.82) is 0 Å². The average molecular weight is 289 g/mol. The summed E-state index contributed by atoms with van der Waals surface area (Å²) in [6, 6.07) is 6.60. The van der Waals surface area contributed by atoms with Crippen molar-refractivity contribution in [1.82, 2.24) is 4.98 Å². The van der Waals surface area contributed by atoms with Crippen molar-refractivity contribution in [3.8, 4) is 0 Å². The first kappa shape index (κ1) is 14.7. The molecule has 0 saturated carbocycles. The fraction of sp³-hybridized carbons (Fsp3) is 0.286. The zero-order valence-corrected chi connectivity index (χ0v) is 11.8. The summed E-state index contributed by atoms with van der Waals surface area (Å²) in [6.07, 6.45) is 1.76. The predicted molar refractivity (Wildman–Crippen MR) is 78.3 cm³/mol. The molecule has 0 unspecified atom stereocenters. The SMILES string of the molecule is COC(=O)CCN(C)c1ccc([N+](=O)[O-])c2ncccc12. The Morgan fingerprint density at radius 2 is 2.19 bits per heavy atom. The highest BCUT2D eigenvalue weighted by molar-refractivity contribution is 5.97. The van der Waals surface area contributed by atoms with Crippen LogP contribution in [0.2, 0.25) is 0 Å². The van der Waals surface area contributed by atoms with Crippen molar-refractivity contribution in [3.63, 3.8) is 0 Å². The Balaban J connectivity index is 2.39. The maximum atomic E-state index is 11.2. The van der Waals surface area contributed by atoms with Gasteiger partial charge in [-0.05, 0) is 18.2 Å². The van der Waals surface area contributed by atoms with Crippen molar-refractivity contribution in [3.05, 3.63) is 40.6 Å². The van der Waals surface area contributed by atoms with Crippen LogP contribution in [-0.4, -0.2) is 36.6 Å². The van der Waals surface area contributed by atoms with Gasteiger partial charge in [-0.1, -0.05) is 0 Å². The van der Waals surface area contributed by atoms with E-state index in [-0.39, 0.29) is 18.1 Å². The zero-order valence-electron chi connectivity index (χ0n) is 11.8. The molecule has 0 N–H and O–H groups in total. The van der Waals surface area contributed by atoms with Crippen molar-refractivity contribution >= 4 is 28.2 Å². The van der Waals surface area contributed by atoms with E-state index in [1.165, 1.54) is 19.4 Å². The smallest absolute Gasteiger partial charge is 0.307 e. The second kappa shape index (κ2) is 6.17. The van der Waals surface area contributed by atoms with Gasteiger partial charge in [0.15, 0.2) is 0 Å². The van der Waals surface area contributed by atoms with Gasteiger partial charge in [0.25, 0.3) is 5.69 Å². The molecule has 0 spiro atoms. The summed E-state index contributed by atoms with van der Waals surface area (Å²) in [6.45, 7) is 0.453. The molecule has 7 heteroatoms. The first-order valence-electron chi connectivity index (χ1n) is 6.34. The summed E-state index contributed by atoms with van der Waals surface area (Å²) >= 11 is 0. The number of carbonyl (C=O) groups is 1. The molecule has 0 saturated heterocycles. The van der Waals surface area contributed by atoms with Crippen molar-refractivity contribution in [2.75, 3.05) is 25.6 Å². The van der Waals surface area contributed by atoms with Crippen LogP contribution in [-0.2, 0) is 9.53 Å². The van der Waals surface area contributed by atoms with Gasteiger partial charge in [-0.25, -0.2) is 4.98 Å². The number of nitro benzene ring substituents is 1. The van der Waals surface area contributed by atoms with Crippen molar-refractivity contribution < 1.29 is 14.5 Å². The molecule has 7 nitrogen and oxygen atoms in total. The number of fused-ring (bicyclic) bond motifs is 1. The lowest BCUT2D eigenvalue weighted by Gasteiger charge is -2.20. The molecule has 0 aliphatic rings. The number of rotatable bonds is 5. The summed E-state index contributed by atoms with van der Waals surface area (Å²) in [5.41, 5.74) is 1.09. The number of hydrogen-bond acceptors (Lipinski definition) is 6. The Bertz CT molecular complexity index is 687. The molecule has 2 aromatic rings. The maximum absolute atomic E-state index is 11.2. The lowest BCUT2D eigenvalue weighted by molar-refractivity contribution is -0.383. The summed E-state index contributed by atoms with van der Waals surface area (Å²) in [5, 5.41) is 11.7. The van der Waals surface area contributed by atoms with Gasteiger partial charge in [-0.15, -0.1) is 0 Å². The lowest BCUT2D eigenvalue weighted by Crippen LogP contribution is -2.21. The molecule has 1 heterocycles. The Kier molecular flexibility index (Phi) is 4.32. The third kappa shape index (κ3) is 3.07. The molecule has 0 atom stereocenters. The number of pyridine rings is 1. The van der Waals surface area contributed by atoms with Gasteiger partial charge >= 0.3 is 5.97 Å². The van der Waals surface area contributed by atoms with Crippen LogP contribution in [0.25, 0.3) is 10.9 Å². The monoisotopic (exact) mass is 289 g/mol. The van der Waals surface area contributed by atoms with Gasteiger partial charge in [0.2, 0.25) is 0 Å². The van der Waals surface area contributed by atoms with Gasteiger partial charge in [0, 0.05) is 36.9 Å². The molecular weight excluding hydrogens is 274 g/mol. The predicted octanol–water partition coefficient (Wildman–Crippen LogP) is 2.14. The molecule has 110 valence electrons. The Morgan fingerprint density at radius 1 is 1.43 bits per heavy atom. The molecule has 1 aromatic heterocycles. The first-order valence-corrected chi connectivity index (χ1v) is 6.34. The first-order chi connectivity index (χ1) is 10.0. The van der Waals surface area contributed by atoms with Gasteiger partial charge in [-0.2, -0.15) is 0 Å². The molecule has 0 aliphatic heterocycles. The van der Waals surface area contributed by atoms with E-state index in [2.05, 4.69) is 9.72 Å². The van der Waals surface area contributed by atoms with Crippen LogP contribution in [0.3, 0.4) is 0 Å². The minimum absolute atomic E-state index is 0.0317. The van der Waals surface area contributed by atoms with Crippen LogP contribution < -0.4 is 4.90 Å². The van der Waals surface area contributed by atoms with E-state index in [4.69, 9.17) is 0 Å². The standard InChI is InChI=1S/C14H15N3O4/c1-16(9-7-13(18)21-2)11-5-6-12(17(19)20)14-10(11)4-3-8-15-14/h3-6,8H,7,9H2,1-2H3. The number of anilines is 1. The molecule has 0 amide bonds. The van der Waals surface area contributed by atoms with Crippen LogP contribution in [0, 0.1) is 10.1 Å². The number of aromatic nitrogens is 1. The van der Waals surface area contributed by atoms with Crippen LogP contribution in [0.5, 0.6) is 0 Å².